The number of rotatable bonds is 7. The molecule has 1 aromatic carbocycles. The van der Waals surface area contributed by atoms with Crippen LogP contribution < -0.4 is 10.4 Å². The summed E-state index contributed by atoms with van der Waals surface area (Å²) in [5, 5.41) is 0. The monoisotopic (exact) mass is 292 g/mol. The summed E-state index contributed by atoms with van der Waals surface area (Å²) in [5.74, 6) is 0. The number of nitrogens with zero attached hydrogens (tertiary/aromatic N) is 3. The third-order valence-corrected chi connectivity index (χ3v) is 3.86. The van der Waals surface area contributed by atoms with Gasteiger partial charge in [0.25, 0.3) is 0 Å². The number of likely N-dealkylation sites (N-methyl/N-ethyl adjacent to an activating group) is 2. The molecule has 2 rings (SSSR count). The van der Waals surface area contributed by atoms with Gasteiger partial charge in [0.05, 0.1) is 12.3 Å². The van der Waals surface area contributed by atoms with Crippen LogP contribution in [0.2, 0.25) is 0 Å². The lowest BCUT2D eigenvalue weighted by atomic mass is 10.2. The standard InChI is InChI=1S/C16H28N4O/c1-4-19-8-10-20(11-9-19)16-7-5-6-15(14-16)17-21-13-12-18(2)3/h5-7,14,17H,4,8-13H2,1-3H3. The summed E-state index contributed by atoms with van der Waals surface area (Å²) in [6.45, 7) is 9.44. The summed E-state index contributed by atoms with van der Waals surface area (Å²) >= 11 is 0. The Labute approximate surface area is 128 Å². The van der Waals surface area contributed by atoms with E-state index in [4.69, 9.17) is 4.84 Å². The van der Waals surface area contributed by atoms with Crippen molar-refractivity contribution in [3.05, 3.63) is 24.3 Å². The van der Waals surface area contributed by atoms with Crippen LogP contribution in [0.5, 0.6) is 0 Å². The Kier molecular flexibility index (Phi) is 6.29. The topological polar surface area (TPSA) is 31.0 Å². The number of hydrogen-bond donors (Lipinski definition) is 1. The van der Waals surface area contributed by atoms with Crippen molar-refractivity contribution >= 4 is 11.4 Å². The van der Waals surface area contributed by atoms with Crippen LogP contribution in [0, 0.1) is 0 Å². The molecule has 0 aliphatic carbocycles. The van der Waals surface area contributed by atoms with E-state index in [1.54, 1.807) is 0 Å². The molecule has 0 aromatic heterocycles. The fourth-order valence-electron chi connectivity index (χ4n) is 2.45. The van der Waals surface area contributed by atoms with E-state index in [9.17, 15) is 0 Å². The second kappa shape index (κ2) is 8.22. The first-order valence-corrected chi connectivity index (χ1v) is 7.79. The van der Waals surface area contributed by atoms with Crippen LogP contribution in [0.1, 0.15) is 6.92 Å². The number of nitrogens with one attached hydrogen (secondary N) is 1. The van der Waals surface area contributed by atoms with E-state index in [-0.39, 0.29) is 0 Å². The summed E-state index contributed by atoms with van der Waals surface area (Å²) in [4.78, 5) is 12.5. The van der Waals surface area contributed by atoms with Crippen molar-refractivity contribution < 1.29 is 4.84 Å². The maximum Gasteiger partial charge on any atom is 0.0872 e. The first kappa shape index (κ1) is 16.1. The van der Waals surface area contributed by atoms with Gasteiger partial charge in [-0.1, -0.05) is 13.0 Å². The van der Waals surface area contributed by atoms with Crippen molar-refractivity contribution in [1.82, 2.24) is 9.80 Å². The Morgan fingerprint density at radius 1 is 1.19 bits per heavy atom. The molecule has 0 atom stereocenters. The van der Waals surface area contributed by atoms with E-state index < -0.39 is 0 Å². The van der Waals surface area contributed by atoms with Crippen LogP contribution in [0.4, 0.5) is 11.4 Å². The minimum atomic E-state index is 0.673. The normalized spacial score (nSPS) is 16.5. The van der Waals surface area contributed by atoms with Gasteiger partial charge in [-0.05, 0) is 38.8 Å². The van der Waals surface area contributed by atoms with E-state index >= 15 is 0 Å². The molecule has 0 amide bonds. The fourth-order valence-corrected chi connectivity index (χ4v) is 2.45. The highest BCUT2D eigenvalue weighted by atomic mass is 16.6. The van der Waals surface area contributed by atoms with E-state index in [0.29, 0.717) is 6.61 Å². The Morgan fingerprint density at radius 3 is 2.62 bits per heavy atom. The molecule has 1 fully saturated rings. The summed E-state index contributed by atoms with van der Waals surface area (Å²) in [5.41, 5.74) is 5.32. The molecule has 0 bridgehead atoms. The van der Waals surface area contributed by atoms with E-state index in [2.05, 4.69) is 45.3 Å². The van der Waals surface area contributed by atoms with Gasteiger partial charge in [0.2, 0.25) is 0 Å². The summed E-state index contributed by atoms with van der Waals surface area (Å²) in [6, 6.07) is 8.46. The van der Waals surface area contributed by atoms with Crippen molar-refractivity contribution in [2.75, 3.05) is 70.4 Å². The molecule has 21 heavy (non-hydrogen) atoms. The molecular formula is C16H28N4O. The third-order valence-electron chi connectivity index (χ3n) is 3.86. The van der Waals surface area contributed by atoms with Crippen LogP contribution in [0.3, 0.4) is 0 Å². The predicted molar refractivity (Wildman–Crippen MR) is 88.9 cm³/mol. The van der Waals surface area contributed by atoms with Crippen molar-refractivity contribution in [3.8, 4) is 0 Å². The second-order valence-electron chi connectivity index (χ2n) is 5.73. The molecule has 0 spiro atoms. The van der Waals surface area contributed by atoms with Gasteiger partial charge >= 0.3 is 0 Å². The van der Waals surface area contributed by atoms with Crippen LogP contribution >= 0.6 is 0 Å². The molecule has 5 heteroatoms. The first-order chi connectivity index (χ1) is 10.2. The molecule has 118 valence electrons. The molecule has 0 saturated carbocycles. The number of benzene rings is 1. The minimum absolute atomic E-state index is 0.673. The molecule has 0 radical (unpaired) electrons. The van der Waals surface area contributed by atoms with Gasteiger partial charge in [0.15, 0.2) is 0 Å². The molecule has 1 aliphatic heterocycles. The largest absolute Gasteiger partial charge is 0.369 e. The molecule has 1 N–H and O–H groups in total. The van der Waals surface area contributed by atoms with Crippen molar-refractivity contribution in [2.24, 2.45) is 0 Å². The van der Waals surface area contributed by atoms with Gasteiger partial charge in [0.1, 0.15) is 0 Å². The average Bonchev–Trinajstić information content (AvgIpc) is 2.52. The van der Waals surface area contributed by atoms with Gasteiger partial charge in [-0.15, -0.1) is 0 Å². The smallest absolute Gasteiger partial charge is 0.0872 e. The molecule has 1 aromatic rings. The average molecular weight is 292 g/mol. The fraction of sp³-hybridized carbons (Fsp3) is 0.625. The van der Waals surface area contributed by atoms with E-state index in [0.717, 1.165) is 45.0 Å². The molecule has 5 nitrogen and oxygen atoms in total. The SMILES string of the molecule is CCN1CCN(c2cccc(NOCCN(C)C)c2)CC1. The Morgan fingerprint density at radius 2 is 1.95 bits per heavy atom. The number of hydrogen-bond acceptors (Lipinski definition) is 5. The van der Waals surface area contributed by atoms with Crippen LogP contribution in [0.25, 0.3) is 0 Å². The second-order valence-corrected chi connectivity index (χ2v) is 5.73. The highest BCUT2D eigenvalue weighted by molar-refractivity contribution is 5.57. The Bertz CT molecular complexity index is 416. The van der Waals surface area contributed by atoms with E-state index in [1.165, 1.54) is 5.69 Å². The van der Waals surface area contributed by atoms with Gasteiger partial charge in [-0.25, -0.2) is 0 Å². The zero-order valence-electron chi connectivity index (χ0n) is 13.5. The summed E-state index contributed by atoms with van der Waals surface area (Å²) in [6.07, 6.45) is 0. The highest BCUT2D eigenvalue weighted by Gasteiger charge is 2.15. The van der Waals surface area contributed by atoms with Gasteiger partial charge in [-0.2, -0.15) is 0 Å². The number of piperazine rings is 1. The van der Waals surface area contributed by atoms with Crippen molar-refractivity contribution in [1.29, 1.82) is 0 Å². The van der Waals surface area contributed by atoms with Gasteiger partial charge < -0.3 is 14.7 Å². The van der Waals surface area contributed by atoms with Crippen molar-refractivity contribution in [3.63, 3.8) is 0 Å². The lowest BCUT2D eigenvalue weighted by molar-refractivity contribution is 0.168. The molecule has 1 aliphatic rings. The zero-order valence-corrected chi connectivity index (χ0v) is 13.5. The van der Waals surface area contributed by atoms with Crippen LogP contribution in [0.15, 0.2) is 24.3 Å². The lowest BCUT2D eigenvalue weighted by Gasteiger charge is -2.35. The summed E-state index contributed by atoms with van der Waals surface area (Å²) < 4.78 is 0. The van der Waals surface area contributed by atoms with Crippen molar-refractivity contribution in [2.45, 2.75) is 6.92 Å². The highest BCUT2D eigenvalue weighted by Crippen LogP contribution is 2.20. The van der Waals surface area contributed by atoms with E-state index in [1.807, 2.05) is 20.2 Å². The maximum absolute atomic E-state index is 5.49. The first-order valence-electron chi connectivity index (χ1n) is 7.79. The maximum atomic E-state index is 5.49. The van der Waals surface area contributed by atoms with Gasteiger partial charge in [0, 0.05) is 38.4 Å². The Balaban J connectivity index is 1.83. The third kappa shape index (κ3) is 5.19. The molecular weight excluding hydrogens is 264 g/mol. The number of anilines is 2. The quantitative estimate of drug-likeness (QED) is 0.611. The predicted octanol–water partition coefficient (Wildman–Crippen LogP) is 1.73. The molecule has 1 heterocycles. The molecule has 1 saturated heterocycles. The molecule has 0 unspecified atom stereocenters. The Hall–Kier alpha value is -1.30. The summed E-state index contributed by atoms with van der Waals surface area (Å²) in [7, 11) is 4.08. The van der Waals surface area contributed by atoms with Crippen LogP contribution in [-0.4, -0.2) is 69.8 Å². The lowest BCUT2D eigenvalue weighted by Crippen LogP contribution is -2.46. The minimum Gasteiger partial charge on any atom is -0.369 e. The zero-order chi connectivity index (χ0) is 15.1. The van der Waals surface area contributed by atoms with Crippen LogP contribution in [-0.2, 0) is 4.84 Å². The van der Waals surface area contributed by atoms with Gasteiger partial charge in [-0.3, -0.25) is 10.3 Å².